The number of nitrogens with zero attached hydrogens (tertiary/aromatic N) is 1. The van der Waals surface area contributed by atoms with Gasteiger partial charge in [-0.25, -0.2) is 0 Å². The molecular weight excluding hydrogens is 206 g/mol. The molecule has 0 N–H and O–H groups in total. The van der Waals surface area contributed by atoms with Gasteiger partial charge in [0.05, 0.1) is 0 Å². The maximum Gasteiger partial charge on any atom is 0.0410 e. The van der Waals surface area contributed by atoms with Crippen molar-refractivity contribution in [3.63, 3.8) is 0 Å². The van der Waals surface area contributed by atoms with Crippen LogP contribution in [0.1, 0.15) is 59.4 Å². The fraction of sp³-hybridized carbons (Fsp3) is 0.625. The second-order valence-corrected chi connectivity index (χ2v) is 6.98. The zero-order valence-corrected chi connectivity index (χ0v) is 12.0. The van der Waals surface area contributed by atoms with Gasteiger partial charge < -0.3 is 4.90 Å². The Hall–Kier alpha value is -0.980. The van der Waals surface area contributed by atoms with E-state index in [0.717, 1.165) is 0 Å². The molecule has 0 spiro atoms. The molecule has 0 aliphatic carbocycles. The largest absolute Gasteiger partial charge is 0.361 e. The minimum Gasteiger partial charge on any atom is -0.361 e. The molecular formula is C16H25N. The van der Waals surface area contributed by atoms with Crippen LogP contribution in [0, 0.1) is 0 Å². The Morgan fingerprint density at radius 3 is 2.35 bits per heavy atom. The molecule has 1 unspecified atom stereocenters. The third kappa shape index (κ3) is 2.08. The van der Waals surface area contributed by atoms with Crippen LogP contribution in [0.4, 0.5) is 5.69 Å². The van der Waals surface area contributed by atoms with Crippen LogP contribution in [0.2, 0.25) is 0 Å². The van der Waals surface area contributed by atoms with E-state index in [1.165, 1.54) is 17.7 Å². The van der Waals surface area contributed by atoms with Gasteiger partial charge in [-0.1, -0.05) is 25.1 Å². The molecule has 0 fully saturated rings. The van der Waals surface area contributed by atoms with E-state index in [1.54, 1.807) is 0 Å². The minimum atomic E-state index is 0.166. The molecule has 1 aliphatic rings. The monoisotopic (exact) mass is 231 g/mol. The van der Waals surface area contributed by atoms with Crippen LogP contribution in [-0.4, -0.2) is 11.1 Å². The Labute approximate surface area is 106 Å². The van der Waals surface area contributed by atoms with E-state index in [0.29, 0.717) is 5.92 Å². The molecule has 94 valence electrons. The number of para-hydroxylation sites is 1. The summed E-state index contributed by atoms with van der Waals surface area (Å²) in [4.78, 5) is 2.59. The van der Waals surface area contributed by atoms with Crippen LogP contribution in [0.15, 0.2) is 24.3 Å². The van der Waals surface area contributed by atoms with Crippen molar-refractivity contribution in [3.8, 4) is 0 Å². The van der Waals surface area contributed by atoms with E-state index in [4.69, 9.17) is 0 Å². The average Bonchev–Trinajstić information content (AvgIpc) is 2.13. The smallest absolute Gasteiger partial charge is 0.0410 e. The van der Waals surface area contributed by atoms with E-state index >= 15 is 0 Å². The van der Waals surface area contributed by atoms with Crippen LogP contribution < -0.4 is 4.90 Å². The number of fused-ring (bicyclic) bond motifs is 1. The maximum absolute atomic E-state index is 2.59. The molecule has 2 rings (SSSR count). The van der Waals surface area contributed by atoms with Crippen molar-refractivity contribution in [1.29, 1.82) is 0 Å². The van der Waals surface area contributed by atoms with E-state index < -0.39 is 0 Å². The van der Waals surface area contributed by atoms with Gasteiger partial charge in [0, 0.05) is 16.8 Å². The van der Waals surface area contributed by atoms with Crippen LogP contribution >= 0.6 is 0 Å². The topological polar surface area (TPSA) is 3.24 Å². The molecule has 17 heavy (non-hydrogen) atoms. The molecule has 0 radical (unpaired) electrons. The number of benzene rings is 1. The van der Waals surface area contributed by atoms with Crippen molar-refractivity contribution in [1.82, 2.24) is 0 Å². The Morgan fingerprint density at radius 1 is 1.18 bits per heavy atom. The summed E-state index contributed by atoms with van der Waals surface area (Å²) < 4.78 is 0. The summed E-state index contributed by atoms with van der Waals surface area (Å²) in [5.74, 6) is 0.653. The van der Waals surface area contributed by atoms with Crippen molar-refractivity contribution in [2.24, 2.45) is 0 Å². The van der Waals surface area contributed by atoms with Crippen molar-refractivity contribution in [3.05, 3.63) is 29.8 Å². The van der Waals surface area contributed by atoms with Gasteiger partial charge >= 0.3 is 0 Å². The van der Waals surface area contributed by atoms with Crippen LogP contribution in [-0.2, 0) is 0 Å². The first-order chi connectivity index (χ1) is 7.73. The summed E-state index contributed by atoms with van der Waals surface area (Å²) >= 11 is 0. The SMILES string of the molecule is CC1CC(C)(C)N(C(C)(C)C)c2ccccc21. The zero-order chi connectivity index (χ0) is 12.8. The normalized spacial score (nSPS) is 23.4. The first-order valence-corrected chi connectivity index (χ1v) is 6.63. The van der Waals surface area contributed by atoms with Crippen LogP contribution in [0.3, 0.4) is 0 Å². The summed E-state index contributed by atoms with van der Waals surface area (Å²) in [6.07, 6.45) is 1.22. The Bertz CT molecular complexity index is 412. The lowest BCUT2D eigenvalue weighted by molar-refractivity contribution is 0.307. The highest BCUT2D eigenvalue weighted by Gasteiger charge is 2.41. The second kappa shape index (κ2) is 3.76. The van der Waals surface area contributed by atoms with E-state index in [9.17, 15) is 0 Å². The number of hydrogen-bond acceptors (Lipinski definition) is 1. The highest BCUT2D eigenvalue weighted by Crippen LogP contribution is 2.46. The Kier molecular flexibility index (Phi) is 2.76. The summed E-state index contributed by atoms with van der Waals surface area (Å²) in [5.41, 5.74) is 3.32. The zero-order valence-electron chi connectivity index (χ0n) is 12.0. The molecule has 0 amide bonds. The van der Waals surface area contributed by atoms with E-state index in [1.807, 2.05) is 0 Å². The molecule has 1 aliphatic heterocycles. The molecule has 1 heteroatoms. The van der Waals surface area contributed by atoms with Gasteiger partial charge in [0.2, 0.25) is 0 Å². The third-order valence-corrected chi connectivity index (χ3v) is 3.79. The third-order valence-electron chi connectivity index (χ3n) is 3.79. The standard InChI is InChI=1S/C16H25N/c1-12-11-16(5,6)17(15(2,3)4)14-10-8-7-9-13(12)14/h7-10,12H,11H2,1-6H3. The summed E-state index contributed by atoms with van der Waals surface area (Å²) in [6.45, 7) is 14.0. The Balaban J connectivity index is 2.60. The number of anilines is 1. The quantitative estimate of drug-likeness (QED) is 0.632. The first-order valence-electron chi connectivity index (χ1n) is 6.63. The van der Waals surface area contributed by atoms with Crippen molar-refractivity contribution >= 4 is 5.69 Å². The maximum atomic E-state index is 2.59. The predicted octanol–water partition coefficient (Wildman–Crippen LogP) is 4.58. The lowest BCUT2D eigenvalue weighted by Gasteiger charge is -2.54. The van der Waals surface area contributed by atoms with Gasteiger partial charge in [0.1, 0.15) is 0 Å². The summed E-state index contributed by atoms with van der Waals surface area (Å²) in [5, 5.41) is 0. The van der Waals surface area contributed by atoms with Gasteiger partial charge in [-0.05, 0) is 58.6 Å². The van der Waals surface area contributed by atoms with E-state index in [-0.39, 0.29) is 11.1 Å². The van der Waals surface area contributed by atoms with Gasteiger partial charge in [-0.3, -0.25) is 0 Å². The van der Waals surface area contributed by atoms with Gasteiger partial charge in [0.15, 0.2) is 0 Å². The fourth-order valence-corrected chi connectivity index (χ4v) is 3.65. The minimum absolute atomic E-state index is 0.166. The van der Waals surface area contributed by atoms with Crippen molar-refractivity contribution < 1.29 is 0 Å². The first kappa shape index (κ1) is 12.5. The molecule has 1 heterocycles. The van der Waals surface area contributed by atoms with Crippen molar-refractivity contribution in [2.75, 3.05) is 4.90 Å². The number of rotatable bonds is 0. The Morgan fingerprint density at radius 2 is 1.76 bits per heavy atom. The molecule has 0 aromatic heterocycles. The average molecular weight is 231 g/mol. The van der Waals surface area contributed by atoms with Crippen molar-refractivity contribution in [2.45, 2.75) is 65.0 Å². The second-order valence-electron chi connectivity index (χ2n) is 6.98. The van der Waals surface area contributed by atoms with Gasteiger partial charge in [-0.15, -0.1) is 0 Å². The molecule has 0 saturated carbocycles. The molecule has 0 bridgehead atoms. The highest BCUT2D eigenvalue weighted by atomic mass is 15.3. The van der Waals surface area contributed by atoms with Crippen LogP contribution in [0.25, 0.3) is 0 Å². The van der Waals surface area contributed by atoms with Gasteiger partial charge in [-0.2, -0.15) is 0 Å². The molecule has 1 nitrogen and oxygen atoms in total. The van der Waals surface area contributed by atoms with E-state index in [2.05, 4.69) is 70.7 Å². The molecule has 0 saturated heterocycles. The molecule has 1 aromatic carbocycles. The molecule has 1 atom stereocenters. The van der Waals surface area contributed by atoms with Gasteiger partial charge in [0.25, 0.3) is 0 Å². The molecule has 1 aromatic rings. The highest BCUT2D eigenvalue weighted by molar-refractivity contribution is 5.61. The predicted molar refractivity (Wildman–Crippen MR) is 75.8 cm³/mol. The lowest BCUT2D eigenvalue weighted by Crippen LogP contribution is -2.57. The summed E-state index contributed by atoms with van der Waals surface area (Å²) in [7, 11) is 0. The van der Waals surface area contributed by atoms with Crippen LogP contribution in [0.5, 0.6) is 0 Å². The fourth-order valence-electron chi connectivity index (χ4n) is 3.65. The summed E-state index contributed by atoms with van der Waals surface area (Å²) in [6, 6.07) is 8.88. The number of hydrogen-bond donors (Lipinski definition) is 0. The lowest BCUT2D eigenvalue weighted by atomic mass is 9.77.